The molecule has 0 saturated carbocycles. The first kappa shape index (κ1) is 25.2. The molecule has 1 atom stereocenters. The van der Waals surface area contributed by atoms with Gasteiger partial charge in [-0.15, -0.1) is 0 Å². The second-order valence-electron chi connectivity index (χ2n) is 8.56. The van der Waals surface area contributed by atoms with E-state index in [0.717, 1.165) is 11.1 Å². The Labute approximate surface area is 190 Å². The highest BCUT2D eigenvalue weighted by molar-refractivity contribution is 5.90. The lowest BCUT2D eigenvalue weighted by molar-refractivity contribution is 0.0501. The molecule has 7 heteroatoms. The molecular formula is C25H34N2O5. The normalized spacial score (nSPS) is 12.0. The summed E-state index contributed by atoms with van der Waals surface area (Å²) in [6.45, 7) is 6.74. The predicted molar refractivity (Wildman–Crippen MR) is 124 cm³/mol. The summed E-state index contributed by atoms with van der Waals surface area (Å²) in [6.07, 6.45) is 0.990. The number of rotatable bonds is 10. The molecule has 0 saturated heterocycles. The van der Waals surface area contributed by atoms with Gasteiger partial charge in [0.25, 0.3) is 0 Å². The summed E-state index contributed by atoms with van der Waals surface area (Å²) in [5, 5.41) is 6.36. The van der Waals surface area contributed by atoms with Crippen molar-refractivity contribution in [1.82, 2.24) is 10.6 Å². The van der Waals surface area contributed by atoms with Crippen LogP contribution in [-0.2, 0) is 22.4 Å². The van der Waals surface area contributed by atoms with Crippen LogP contribution in [0.2, 0.25) is 0 Å². The molecule has 1 amide bonds. The Morgan fingerprint density at radius 1 is 1.00 bits per heavy atom. The van der Waals surface area contributed by atoms with Gasteiger partial charge >= 0.3 is 12.1 Å². The Morgan fingerprint density at radius 2 is 1.72 bits per heavy atom. The lowest BCUT2D eigenvalue weighted by Crippen LogP contribution is -2.41. The maximum absolute atomic E-state index is 12.3. The van der Waals surface area contributed by atoms with Crippen molar-refractivity contribution >= 4 is 12.1 Å². The van der Waals surface area contributed by atoms with Crippen LogP contribution in [0.4, 0.5) is 4.79 Å². The van der Waals surface area contributed by atoms with E-state index in [-0.39, 0.29) is 6.04 Å². The van der Waals surface area contributed by atoms with Crippen molar-refractivity contribution in [3.63, 3.8) is 0 Å². The first-order valence-corrected chi connectivity index (χ1v) is 10.7. The Hall–Kier alpha value is -3.06. The van der Waals surface area contributed by atoms with Crippen LogP contribution in [0.3, 0.4) is 0 Å². The van der Waals surface area contributed by atoms with Gasteiger partial charge in [-0.3, -0.25) is 0 Å². The van der Waals surface area contributed by atoms with Gasteiger partial charge in [-0.2, -0.15) is 0 Å². The molecular weight excluding hydrogens is 408 g/mol. The predicted octanol–water partition coefficient (Wildman–Crippen LogP) is 4.10. The Kier molecular flexibility index (Phi) is 9.53. The van der Waals surface area contributed by atoms with E-state index in [1.54, 1.807) is 19.2 Å². The third-order valence-electron chi connectivity index (χ3n) is 4.67. The second kappa shape index (κ2) is 12.1. The van der Waals surface area contributed by atoms with Gasteiger partial charge in [0.05, 0.1) is 19.8 Å². The van der Waals surface area contributed by atoms with Crippen LogP contribution in [0.5, 0.6) is 5.75 Å². The van der Waals surface area contributed by atoms with Gasteiger partial charge in [0, 0.05) is 12.6 Å². The van der Waals surface area contributed by atoms with Crippen molar-refractivity contribution in [1.29, 1.82) is 0 Å². The lowest BCUT2D eigenvalue weighted by Gasteiger charge is -2.24. The van der Waals surface area contributed by atoms with Gasteiger partial charge in [0.2, 0.25) is 0 Å². The zero-order valence-electron chi connectivity index (χ0n) is 19.6. The maximum Gasteiger partial charge on any atom is 0.407 e. The van der Waals surface area contributed by atoms with E-state index in [2.05, 4.69) is 10.6 Å². The minimum Gasteiger partial charge on any atom is -0.497 e. The molecule has 0 aliphatic heterocycles. The van der Waals surface area contributed by atoms with Crippen molar-refractivity contribution in [3.8, 4) is 5.75 Å². The minimum absolute atomic E-state index is 0.0873. The first-order chi connectivity index (χ1) is 15.2. The zero-order chi connectivity index (χ0) is 23.6. The summed E-state index contributed by atoms with van der Waals surface area (Å²) < 4.78 is 15.5. The van der Waals surface area contributed by atoms with E-state index in [9.17, 15) is 9.59 Å². The van der Waals surface area contributed by atoms with E-state index in [4.69, 9.17) is 14.2 Å². The molecule has 2 N–H and O–H groups in total. The molecule has 2 aromatic carbocycles. The molecule has 32 heavy (non-hydrogen) atoms. The summed E-state index contributed by atoms with van der Waals surface area (Å²) in [7, 11) is 2.91. The SMILES string of the molecule is COC(=O)c1cc(CNCC[C@H](Cc2ccccc2)NC(=O)OC(C)(C)C)cc(OC)c1. The number of carbonyl (C=O) groups is 2. The van der Waals surface area contributed by atoms with Crippen molar-refractivity contribution in [2.75, 3.05) is 20.8 Å². The number of amides is 1. The maximum atomic E-state index is 12.3. The molecule has 0 fully saturated rings. The molecule has 0 heterocycles. The van der Waals surface area contributed by atoms with Crippen LogP contribution in [0.1, 0.15) is 48.7 Å². The van der Waals surface area contributed by atoms with Gasteiger partial charge in [-0.1, -0.05) is 30.3 Å². The minimum atomic E-state index is -0.552. The van der Waals surface area contributed by atoms with Crippen molar-refractivity contribution in [2.45, 2.75) is 51.8 Å². The average Bonchev–Trinajstić information content (AvgIpc) is 2.75. The Balaban J connectivity index is 1.97. The number of esters is 1. The highest BCUT2D eigenvalue weighted by Gasteiger charge is 2.19. The smallest absolute Gasteiger partial charge is 0.407 e. The number of benzene rings is 2. The summed E-state index contributed by atoms with van der Waals surface area (Å²) in [6, 6.07) is 15.2. The highest BCUT2D eigenvalue weighted by atomic mass is 16.6. The molecule has 2 rings (SSSR count). The number of alkyl carbamates (subject to hydrolysis) is 1. The molecule has 174 valence electrons. The third kappa shape index (κ3) is 8.98. The monoisotopic (exact) mass is 442 g/mol. The highest BCUT2D eigenvalue weighted by Crippen LogP contribution is 2.18. The van der Waals surface area contributed by atoms with Gasteiger partial charge in [-0.05, 0) is 69.5 Å². The molecule has 0 aromatic heterocycles. The first-order valence-electron chi connectivity index (χ1n) is 10.7. The number of hydrogen-bond donors (Lipinski definition) is 2. The molecule has 0 spiro atoms. The number of methoxy groups -OCH3 is 2. The number of carbonyl (C=O) groups excluding carboxylic acids is 2. The summed E-state index contributed by atoms with van der Waals surface area (Å²) in [5.74, 6) is 0.188. The van der Waals surface area contributed by atoms with Crippen LogP contribution < -0.4 is 15.4 Å². The van der Waals surface area contributed by atoms with Gasteiger partial charge in [0.1, 0.15) is 11.4 Å². The molecule has 0 radical (unpaired) electrons. The topological polar surface area (TPSA) is 85.9 Å². The van der Waals surface area contributed by atoms with Crippen molar-refractivity contribution in [3.05, 3.63) is 65.2 Å². The molecule has 0 aliphatic rings. The lowest BCUT2D eigenvalue weighted by atomic mass is 10.0. The van der Waals surface area contributed by atoms with E-state index in [1.165, 1.54) is 7.11 Å². The molecule has 0 unspecified atom stereocenters. The molecule has 0 aliphatic carbocycles. The van der Waals surface area contributed by atoms with Crippen LogP contribution in [0.15, 0.2) is 48.5 Å². The molecule has 7 nitrogen and oxygen atoms in total. The molecule has 0 bridgehead atoms. The number of hydrogen-bond acceptors (Lipinski definition) is 6. The van der Waals surface area contributed by atoms with Gasteiger partial charge < -0.3 is 24.8 Å². The van der Waals surface area contributed by atoms with Crippen LogP contribution in [0.25, 0.3) is 0 Å². The summed E-state index contributed by atoms with van der Waals surface area (Å²) >= 11 is 0. The zero-order valence-corrected chi connectivity index (χ0v) is 19.6. The largest absolute Gasteiger partial charge is 0.497 e. The van der Waals surface area contributed by atoms with E-state index in [0.29, 0.717) is 37.2 Å². The van der Waals surface area contributed by atoms with Crippen LogP contribution in [-0.4, -0.2) is 44.5 Å². The van der Waals surface area contributed by atoms with Crippen molar-refractivity contribution in [2.24, 2.45) is 0 Å². The van der Waals surface area contributed by atoms with Crippen LogP contribution >= 0.6 is 0 Å². The summed E-state index contributed by atoms with van der Waals surface area (Å²) in [4.78, 5) is 24.2. The van der Waals surface area contributed by atoms with Crippen molar-refractivity contribution < 1.29 is 23.8 Å². The third-order valence-corrected chi connectivity index (χ3v) is 4.67. The van der Waals surface area contributed by atoms with Gasteiger partial charge in [0.15, 0.2) is 0 Å². The Morgan fingerprint density at radius 3 is 2.34 bits per heavy atom. The van der Waals surface area contributed by atoms with E-state index in [1.807, 2.05) is 57.2 Å². The second-order valence-corrected chi connectivity index (χ2v) is 8.56. The van der Waals surface area contributed by atoms with E-state index >= 15 is 0 Å². The Bertz CT molecular complexity index is 878. The summed E-state index contributed by atoms with van der Waals surface area (Å²) in [5.41, 5.74) is 1.94. The fourth-order valence-electron chi connectivity index (χ4n) is 3.22. The quantitative estimate of drug-likeness (QED) is 0.426. The average molecular weight is 443 g/mol. The number of ether oxygens (including phenoxy) is 3. The number of nitrogens with one attached hydrogen (secondary N) is 2. The fourth-order valence-corrected chi connectivity index (χ4v) is 3.22. The van der Waals surface area contributed by atoms with Gasteiger partial charge in [-0.25, -0.2) is 9.59 Å². The standard InChI is InChI=1S/C25H34N2O5/c1-25(2,3)32-24(29)27-21(14-18-9-7-6-8-10-18)11-12-26-17-19-13-20(23(28)31-5)16-22(15-19)30-4/h6-10,13,15-16,21,26H,11-12,14,17H2,1-5H3,(H,27,29)/t21-/m1/s1. The molecule has 2 aromatic rings. The van der Waals surface area contributed by atoms with Crippen LogP contribution in [0, 0.1) is 0 Å². The van der Waals surface area contributed by atoms with E-state index < -0.39 is 17.7 Å². The fraction of sp³-hybridized carbons (Fsp3) is 0.440.